The van der Waals surface area contributed by atoms with Gasteiger partial charge in [0.25, 0.3) is 11.9 Å². The fourth-order valence-electron chi connectivity index (χ4n) is 3.20. The molecule has 3 aromatic rings. The zero-order valence-corrected chi connectivity index (χ0v) is 16.9. The van der Waals surface area contributed by atoms with Crippen molar-refractivity contribution in [3.8, 4) is 5.95 Å². The van der Waals surface area contributed by atoms with Gasteiger partial charge in [-0.3, -0.25) is 0 Å². The van der Waals surface area contributed by atoms with E-state index < -0.39 is 11.7 Å². The first-order valence-electron chi connectivity index (χ1n) is 9.06. The number of pyridine rings is 1. The minimum Gasteiger partial charge on any atom is -0.352 e. The first-order chi connectivity index (χ1) is 14.2. The van der Waals surface area contributed by atoms with Crippen LogP contribution in [0.1, 0.15) is 17.0 Å². The predicted molar refractivity (Wildman–Crippen MR) is 103 cm³/mol. The molecule has 30 heavy (non-hydrogen) atoms. The average molecular weight is 440 g/mol. The Labute approximate surface area is 174 Å². The summed E-state index contributed by atoms with van der Waals surface area (Å²) in [5, 5.41) is 20.7. The average Bonchev–Trinajstić information content (AvgIpc) is 3.05. The molecule has 0 saturated carbocycles. The van der Waals surface area contributed by atoms with Gasteiger partial charge in [-0.25, -0.2) is 9.67 Å². The molecule has 9 nitrogen and oxygen atoms in total. The standard InChI is InChI=1S/C17H17ClF3N9/c1-10-7-11(2)30(27-10)16-25-23-15(24-26-16)29-5-3-28(4-6-29)14-13(18)8-12(9-22-14)17(19,20)21/h7-9H,3-6H2,1-2H3. The van der Waals surface area contributed by atoms with E-state index >= 15 is 0 Å². The Balaban J connectivity index is 1.43. The number of piperazine rings is 1. The topological polar surface area (TPSA) is 88.8 Å². The second-order valence-electron chi connectivity index (χ2n) is 6.84. The highest BCUT2D eigenvalue weighted by atomic mass is 35.5. The maximum absolute atomic E-state index is 12.8. The summed E-state index contributed by atoms with van der Waals surface area (Å²) in [4.78, 5) is 7.62. The van der Waals surface area contributed by atoms with Crippen LogP contribution in [-0.2, 0) is 6.18 Å². The van der Waals surface area contributed by atoms with Crippen LogP contribution in [0.4, 0.5) is 24.9 Å². The van der Waals surface area contributed by atoms with E-state index in [4.69, 9.17) is 11.6 Å². The van der Waals surface area contributed by atoms with E-state index in [2.05, 4.69) is 30.5 Å². The highest BCUT2D eigenvalue weighted by Gasteiger charge is 2.32. The number of hydrogen-bond donors (Lipinski definition) is 0. The zero-order valence-electron chi connectivity index (χ0n) is 16.1. The van der Waals surface area contributed by atoms with Crippen molar-refractivity contribution >= 4 is 23.4 Å². The molecule has 0 aromatic carbocycles. The van der Waals surface area contributed by atoms with Crippen LogP contribution in [0.2, 0.25) is 5.02 Å². The third kappa shape index (κ3) is 3.99. The summed E-state index contributed by atoms with van der Waals surface area (Å²) in [5.41, 5.74) is 0.841. The Morgan fingerprint density at radius 2 is 1.50 bits per heavy atom. The van der Waals surface area contributed by atoms with Crippen LogP contribution < -0.4 is 9.80 Å². The maximum Gasteiger partial charge on any atom is 0.417 e. The molecule has 1 aliphatic rings. The lowest BCUT2D eigenvalue weighted by molar-refractivity contribution is -0.137. The molecule has 1 fully saturated rings. The molecule has 4 rings (SSSR count). The lowest BCUT2D eigenvalue weighted by atomic mass is 10.2. The first kappa shape index (κ1) is 20.3. The van der Waals surface area contributed by atoms with Crippen molar-refractivity contribution in [1.29, 1.82) is 0 Å². The molecule has 3 aromatic heterocycles. The van der Waals surface area contributed by atoms with Crippen molar-refractivity contribution in [2.75, 3.05) is 36.0 Å². The zero-order chi connectivity index (χ0) is 21.5. The van der Waals surface area contributed by atoms with Crippen molar-refractivity contribution in [1.82, 2.24) is 35.2 Å². The summed E-state index contributed by atoms with van der Waals surface area (Å²) >= 11 is 6.04. The van der Waals surface area contributed by atoms with E-state index in [1.54, 1.807) is 4.68 Å². The summed E-state index contributed by atoms with van der Waals surface area (Å²) in [5.74, 6) is 0.969. The van der Waals surface area contributed by atoms with Gasteiger partial charge >= 0.3 is 6.18 Å². The molecule has 0 atom stereocenters. The van der Waals surface area contributed by atoms with Gasteiger partial charge in [0.2, 0.25) is 0 Å². The van der Waals surface area contributed by atoms with Crippen molar-refractivity contribution in [3.05, 3.63) is 40.3 Å². The van der Waals surface area contributed by atoms with Gasteiger partial charge in [0.1, 0.15) is 5.82 Å². The Morgan fingerprint density at radius 3 is 2.03 bits per heavy atom. The van der Waals surface area contributed by atoms with Gasteiger partial charge in [-0.05, 0) is 26.0 Å². The minimum atomic E-state index is -4.48. The second kappa shape index (κ2) is 7.67. The number of aromatic nitrogens is 7. The summed E-state index contributed by atoms with van der Waals surface area (Å²) in [7, 11) is 0. The summed E-state index contributed by atoms with van der Waals surface area (Å²) in [6.45, 7) is 5.76. The van der Waals surface area contributed by atoms with E-state index in [9.17, 15) is 13.2 Å². The van der Waals surface area contributed by atoms with Gasteiger partial charge < -0.3 is 9.80 Å². The van der Waals surface area contributed by atoms with Gasteiger partial charge in [-0.1, -0.05) is 11.6 Å². The molecule has 0 bridgehead atoms. The minimum absolute atomic E-state index is 0.0351. The molecule has 13 heteroatoms. The molecule has 0 unspecified atom stereocenters. The van der Waals surface area contributed by atoms with Crippen LogP contribution in [0.5, 0.6) is 0 Å². The summed E-state index contributed by atoms with van der Waals surface area (Å²) in [6.07, 6.45) is -3.69. The van der Waals surface area contributed by atoms with Crippen LogP contribution in [0.3, 0.4) is 0 Å². The Hall–Kier alpha value is -3.02. The molecule has 0 N–H and O–H groups in total. The third-order valence-corrected chi connectivity index (χ3v) is 4.95. The molecule has 158 valence electrons. The van der Waals surface area contributed by atoms with E-state index in [0.717, 1.165) is 23.7 Å². The van der Waals surface area contributed by atoms with E-state index in [-0.39, 0.29) is 11.0 Å². The molecule has 0 amide bonds. The molecule has 4 heterocycles. The monoisotopic (exact) mass is 439 g/mol. The first-order valence-corrected chi connectivity index (χ1v) is 9.44. The number of aryl methyl sites for hydroxylation is 2. The van der Waals surface area contributed by atoms with Crippen molar-refractivity contribution in [3.63, 3.8) is 0 Å². The quantitative estimate of drug-likeness (QED) is 0.615. The lowest BCUT2D eigenvalue weighted by Gasteiger charge is -2.35. The van der Waals surface area contributed by atoms with Crippen LogP contribution in [0.25, 0.3) is 5.95 Å². The van der Waals surface area contributed by atoms with Gasteiger partial charge in [0, 0.05) is 38.1 Å². The van der Waals surface area contributed by atoms with Crippen LogP contribution in [-0.4, -0.2) is 61.3 Å². The highest BCUT2D eigenvalue weighted by molar-refractivity contribution is 6.33. The molecule has 0 radical (unpaired) electrons. The number of anilines is 2. The Kier molecular flexibility index (Phi) is 5.18. The number of halogens is 4. The molecule has 1 saturated heterocycles. The van der Waals surface area contributed by atoms with Crippen LogP contribution >= 0.6 is 11.6 Å². The molecular formula is C17H17ClF3N9. The van der Waals surface area contributed by atoms with Gasteiger partial charge in [0.05, 0.1) is 16.3 Å². The SMILES string of the molecule is Cc1cc(C)n(-c2nnc(N3CCN(c4ncc(C(F)(F)F)cc4Cl)CC3)nn2)n1. The van der Waals surface area contributed by atoms with Gasteiger partial charge in [0.15, 0.2) is 0 Å². The molecule has 0 aliphatic carbocycles. The Morgan fingerprint density at radius 1 is 0.900 bits per heavy atom. The molecular weight excluding hydrogens is 423 g/mol. The van der Waals surface area contributed by atoms with Crippen molar-refractivity contribution in [2.45, 2.75) is 20.0 Å². The van der Waals surface area contributed by atoms with Gasteiger partial charge in [-0.15, -0.1) is 20.4 Å². The van der Waals surface area contributed by atoms with Crippen LogP contribution in [0, 0.1) is 13.8 Å². The van der Waals surface area contributed by atoms with E-state index in [1.165, 1.54) is 0 Å². The molecule has 1 aliphatic heterocycles. The van der Waals surface area contributed by atoms with Gasteiger partial charge in [-0.2, -0.15) is 18.3 Å². The predicted octanol–water partition coefficient (Wildman–Crippen LogP) is 2.46. The maximum atomic E-state index is 12.8. The lowest BCUT2D eigenvalue weighted by Crippen LogP contribution is -2.47. The summed E-state index contributed by atoms with van der Waals surface area (Å²) < 4.78 is 39.9. The molecule has 0 spiro atoms. The summed E-state index contributed by atoms with van der Waals surface area (Å²) in [6, 6.07) is 2.79. The Bertz CT molecular complexity index is 1040. The fraction of sp³-hybridized carbons (Fsp3) is 0.412. The van der Waals surface area contributed by atoms with E-state index in [0.29, 0.717) is 37.9 Å². The normalized spacial score (nSPS) is 15.0. The van der Waals surface area contributed by atoms with E-state index in [1.807, 2.05) is 29.7 Å². The number of hydrogen-bond acceptors (Lipinski definition) is 8. The second-order valence-corrected chi connectivity index (χ2v) is 7.25. The number of rotatable bonds is 3. The van der Waals surface area contributed by atoms with Crippen molar-refractivity contribution in [2.24, 2.45) is 0 Å². The smallest absolute Gasteiger partial charge is 0.352 e. The number of nitrogens with zero attached hydrogens (tertiary/aromatic N) is 9. The van der Waals surface area contributed by atoms with Crippen LogP contribution in [0.15, 0.2) is 18.3 Å². The highest BCUT2D eigenvalue weighted by Crippen LogP contribution is 2.33. The fourth-order valence-corrected chi connectivity index (χ4v) is 3.48. The third-order valence-electron chi connectivity index (χ3n) is 4.67. The number of alkyl halides is 3. The largest absolute Gasteiger partial charge is 0.417 e. The van der Waals surface area contributed by atoms with Crippen molar-refractivity contribution < 1.29 is 13.2 Å².